The predicted octanol–water partition coefficient (Wildman–Crippen LogP) is 1.89. The lowest BCUT2D eigenvalue weighted by Gasteiger charge is -2.55. The van der Waals surface area contributed by atoms with Crippen molar-refractivity contribution in [1.82, 2.24) is 0 Å². The molecule has 1 aliphatic heterocycles. The summed E-state index contributed by atoms with van der Waals surface area (Å²) in [5.74, 6) is -1.99. The molecule has 2 fully saturated rings. The molecule has 0 radical (unpaired) electrons. The van der Waals surface area contributed by atoms with Gasteiger partial charge in [-0.1, -0.05) is 25.2 Å². The second-order valence-corrected chi connectivity index (χ2v) is 8.50. The molecule has 144 valence electrons. The zero-order valence-corrected chi connectivity index (χ0v) is 16.0. The third-order valence-electron chi connectivity index (χ3n) is 6.77. The van der Waals surface area contributed by atoms with Crippen LogP contribution in [0.15, 0.2) is 23.8 Å². The number of aliphatic hydroxyl groups is 2. The van der Waals surface area contributed by atoms with Crippen LogP contribution in [0.4, 0.5) is 0 Å². The molecule has 1 saturated heterocycles. The zero-order chi connectivity index (χ0) is 19.5. The molecule has 0 unspecified atom stereocenters. The van der Waals surface area contributed by atoms with Gasteiger partial charge in [-0.3, -0.25) is 0 Å². The van der Waals surface area contributed by atoms with E-state index in [1.165, 1.54) is 0 Å². The number of carbonyl (C=O) groups excluding carboxylic acids is 2. The first-order valence-corrected chi connectivity index (χ1v) is 9.14. The quantitative estimate of drug-likeness (QED) is 0.442. The molecule has 26 heavy (non-hydrogen) atoms. The fourth-order valence-corrected chi connectivity index (χ4v) is 4.97. The predicted molar refractivity (Wildman–Crippen MR) is 93.9 cm³/mol. The number of aliphatic hydroxyl groups excluding tert-OH is 1. The van der Waals surface area contributed by atoms with E-state index >= 15 is 0 Å². The number of rotatable bonds is 2. The van der Waals surface area contributed by atoms with Crippen LogP contribution in [-0.2, 0) is 19.1 Å². The standard InChI is InChI=1S/C20H28O6/c1-6-11(2)16(22)26-20(5)12-7-9-18(3)13(21)8-10-19(4,24)15(18)14(12)25-17(20)23/h6,8,10,12-15,21,24H,7,9H2,1-5H3/b11-6-/t12-,13+,14+,15+,18+,19+,20-/m1/s1. The largest absolute Gasteiger partial charge is 0.458 e. The molecule has 2 N–H and O–H groups in total. The summed E-state index contributed by atoms with van der Waals surface area (Å²) in [6, 6.07) is 0. The highest BCUT2D eigenvalue weighted by molar-refractivity contribution is 5.92. The van der Waals surface area contributed by atoms with Gasteiger partial charge >= 0.3 is 11.9 Å². The van der Waals surface area contributed by atoms with E-state index in [1.807, 2.05) is 6.92 Å². The van der Waals surface area contributed by atoms with Crippen molar-refractivity contribution in [2.24, 2.45) is 17.3 Å². The molecule has 0 spiro atoms. The van der Waals surface area contributed by atoms with E-state index < -0.39 is 46.7 Å². The molecule has 0 amide bonds. The lowest BCUT2D eigenvalue weighted by atomic mass is 9.52. The van der Waals surface area contributed by atoms with E-state index in [0.717, 1.165) is 0 Å². The Kier molecular flexibility index (Phi) is 4.36. The zero-order valence-electron chi connectivity index (χ0n) is 16.0. The van der Waals surface area contributed by atoms with Crippen molar-refractivity contribution in [3.63, 3.8) is 0 Å². The molecule has 0 aromatic carbocycles. The van der Waals surface area contributed by atoms with Crippen LogP contribution in [0.2, 0.25) is 0 Å². The number of fused-ring (bicyclic) bond motifs is 3. The summed E-state index contributed by atoms with van der Waals surface area (Å²) >= 11 is 0. The normalized spacial score (nSPS) is 47.8. The highest BCUT2D eigenvalue weighted by Crippen LogP contribution is 2.58. The molecule has 6 nitrogen and oxygen atoms in total. The highest BCUT2D eigenvalue weighted by atomic mass is 16.6. The van der Waals surface area contributed by atoms with Gasteiger partial charge in [0.1, 0.15) is 6.10 Å². The molecular formula is C20H28O6. The monoisotopic (exact) mass is 364 g/mol. The van der Waals surface area contributed by atoms with Crippen LogP contribution in [-0.4, -0.2) is 45.6 Å². The lowest BCUT2D eigenvalue weighted by Crippen LogP contribution is -2.61. The Morgan fingerprint density at radius 3 is 2.65 bits per heavy atom. The fraction of sp³-hybridized carbons (Fsp3) is 0.700. The third kappa shape index (κ3) is 2.54. The Bertz CT molecular complexity index is 692. The molecule has 6 heteroatoms. The first-order valence-electron chi connectivity index (χ1n) is 9.14. The van der Waals surface area contributed by atoms with Crippen molar-refractivity contribution >= 4 is 11.9 Å². The number of hydrogen-bond acceptors (Lipinski definition) is 6. The van der Waals surface area contributed by atoms with Crippen molar-refractivity contribution in [2.45, 2.75) is 70.9 Å². The Balaban J connectivity index is 1.98. The Morgan fingerprint density at radius 1 is 1.38 bits per heavy atom. The van der Waals surface area contributed by atoms with E-state index in [-0.39, 0.29) is 5.92 Å². The molecule has 1 heterocycles. The van der Waals surface area contributed by atoms with Crippen LogP contribution < -0.4 is 0 Å². The second kappa shape index (κ2) is 5.92. The molecule has 0 aromatic heterocycles. The number of carbonyl (C=O) groups is 2. The van der Waals surface area contributed by atoms with Crippen molar-refractivity contribution in [1.29, 1.82) is 0 Å². The van der Waals surface area contributed by atoms with Crippen LogP contribution >= 0.6 is 0 Å². The minimum absolute atomic E-state index is 0.369. The van der Waals surface area contributed by atoms with E-state index in [9.17, 15) is 19.8 Å². The van der Waals surface area contributed by atoms with E-state index in [1.54, 1.807) is 45.9 Å². The molecule has 0 aromatic rings. The number of hydrogen-bond donors (Lipinski definition) is 2. The minimum atomic E-state index is -1.39. The number of ether oxygens (including phenoxy) is 2. The van der Waals surface area contributed by atoms with Crippen LogP contribution in [0.25, 0.3) is 0 Å². The molecule has 2 aliphatic carbocycles. The summed E-state index contributed by atoms with van der Waals surface area (Å²) in [7, 11) is 0. The van der Waals surface area contributed by atoms with Gasteiger partial charge in [-0.15, -0.1) is 0 Å². The maximum Gasteiger partial charge on any atom is 0.351 e. The number of allylic oxidation sites excluding steroid dienone is 1. The Morgan fingerprint density at radius 2 is 2.04 bits per heavy atom. The number of esters is 2. The van der Waals surface area contributed by atoms with Gasteiger partial charge < -0.3 is 19.7 Å². The molecule has 3 rings (SSSR count). The maximum atomic E-state index is 12.7. The SMILES string of the molecule is C/C=C(/C)C(=O)O[C@@]1(C)C(=O)O[C@H]2[C@H]1CC[C@@]1(C)[C@@H](O)C=C[C@](C)(O)[C@@H]21. The van der Waals surface area contributed by atoms with Crippen molar-refractivity contribution in [2.75, 3.05) is 0 Å². The molecule has 7 atom stereocenters. The second-order valence-electron chi connectivity index (χ2n) is 8.50. The summed E-state index contributed by atoms with van der Waals surface area (Å²) in [5.41, 5.74) is -2.82. The van der Waals surface area contributed by atoms with Gasteiger partial charge in [0.15, 0.2) is 0 Å². The van der Waals surface area contributed by atoms with Crippen LogP contribution in [0, 0.1) is 17.3 Å². The van der Waals surface area contributed by atoms with Crippen molar-refractivity contribution in [3.8, 4) is 0 Å². The minimum Gasteiger partial charge on any atom is -0.458 e. The highest BCUT2D eigenvalue weighted by Gasteiger charge is 2.68. The fourth-order valence-electron chi connectivity index (χ4n) is 4.97. The van der Waals surface area contributed by atoms with Crippen LogP contribution in [0.3, 0.4) is 0 Å². The van der Waals surface area contributed by atoms with Crippen molar-refractivity contribution < 1.29 is 29.3 Å². The van der Waals surface area contributed by atoms with Crippen LogP contribution in [0.1, 0.15) is 47.5 Å². The van der Waals surface area contributed by atoms with Gasteiger partial charge in [0.05, 0.1) is 11.7 Å². The van der Waals surface area contributed by atoms with Gasteiger partial charge in [0.25, 0.3) is 0 Å². The molecule has 1 saturated carbocycles. The Labute approximate surface area is 153 Å². The molecule has 3 aliphatic rings. The van der Waals surface area contributed by atoms with Crippen LogP contribution in [0.5, 0.6) is 0 Å². The first kappa shape index (κ1) is 19.1. The average molecular weight is 364 g/mol. The van der Waals surface area contributed by atoms with Gasteiger partial charge in [0.2, 0.25) is 5.60 Å². The van der Waals surface area contributed by atoms with Gasteiger partial charge in [-0.2, -0.15) is 0 Å². The van der Waals surface area contributed by atoms with E-state index in [4.69, 9.17) is 9.47 Å². The van der Waals surface area contributed by atoms with Gasteiger partial charge in [-0.25, -0.2) is 9.59 Å². The Hall–Kier alpha value is -1.66. The van der Waals surface area contributed by atoms with Gasteiger partial charge in [-0.05, 0) is 40.5 Å². The molecular weight excluding hydrogens is 336 g/mol. The van der Waals surface area contributed by atoms with Gasteiger partial charge in [0, 0.05) is 22.8 Å². The summed E-state index contributed by atoms with van der Waals surface area (Å²) in [6.07, 6.45) is 4.62. The maximum absolute atomic E-state index is 12.7. The molecule has 0 bridgehead atoms. The van der Waals surface area contributed by atoms with E-state index in [0.29, 0.717) is 18.4 Å². The topological polar surface area (TPSA) is 93.1 Å². The summed E-state index contributed by atoms with van der Waals surface area (Å²) in [6.45, 7) is 8.53. The summed E-state index contributed by atoms with van der Waals surface area (Å²) in [4.78, 5) is 25.0. The lowest BCUT2D eigenvalue weighted by molar-refractivity contribution is -0.175. The van der Waals surface area contributed by atoms with E-state index in [2.05, 4.69) is 0 Å². The summed E-state index contributed by atoms with van der Waals surface area (Å²) < 4.78 is 11.3. The smallest absolute Gasteiger partial charge is 0.351 e. The first-order chi connectivity index (χ1) is 12.0. The summed E-state index contributed by atoms with van der Waals surface area (Å²) in [5, 5.41) is 21.5. The van der Waals surface area contributed by atoms with Crippen molar-refractivity contribution in [3.05, 3.63) is 23.8 Å². The average Bonchev–Trinajstić information content (AvgIpc) is 2.80. The third-order valence-corrected chi connectivity index (χ3v) is 6.77.